The summed E-state index contributed by atoms with van der Waals surface area (Å²) in [6, 6.07) is 14.9. The highest BCUT2D eigenvalue weighted by Crippen LogP contribution is 2.22. The van der Waals surface area contributed by atoms with E-state index in [1.165, 1.54) is 0 Å². The third-order valence-electron chi connectivity index (χ3n) is 4.27. The van der Waals surface area contributed by atoms with E-state index in [0.29, 0.717) is 16.1 Å². The summed E-state index contributed by atoms with van der Waals surface area (Å²) in [5.41, 5.74) is 0.929. The molecule has 0 aliphatic rings. The van der Waals surface area contributed by atoms with Crippen molar-refractivity contribution in [1.29, 1.82) is 0 Å². The normalized spacial score (nSPS) is 12.7. The number of esters is 1. The number of benzene rings is 2. The highest BCUT2D eigenvalue weighted by atomic mass is 35.5. The number of hydrogen-bond acceptors (Lipinski definition) is 5. The molecule has 0 bridgehead atoms. The average Bonchev–Trinajstić information content (AvgIpc) is 2.72. The summed E-state index contributed by atoms with van der Waals surface area (Å²) in [6.45, 7) is 3.56. The Morgan fingerprint density at radius 2 is 1.63 bits per heavy atom. The van der Waals surface area contributed by atoms with Crippen LogP contribution in [0.15, 0.2) is 54.6 Å². The van der Waals surface area contributed by atoms with Crippen molar-refractivity contribution in [2.75, 3.05) is 6.54 Å². The Kier molecular flexibility index (Phi) is 8.68. The second-order valence-corrected chi connectivity index (χ2v) is 7.38. The van der Waals surface area contributed by atoms with Gasteiger partial charge in [0.05, 0.1) is 11.5 Å². The smallest absolute Gasteiger partial charge is 0.410 e. The molecule has 2 aromatic rings. The molecule has 0 aromatic heterocycles. The molecule has 0 saturated heterocycles. The number of carboxylic acid groups (broad SMARTS) is 1. The SMILES string of the molecule is CC(C)C(OC(=O)NCCC(C(=O)O)c1ccc(Cl)cc1)OC(=O)c1ccccc1. The number of carboxylic acids is 1. The van der Waals surface area contributed by atoms with Gasteiger partial charge in [-0.1, -0.05) is 55.8 Å². The first kappa shape index (κ1) is 23.2. The zero-order valence-corrected chi connectivity index (χ0v) is 17.5. The second kappa shape index (κ2) is 11.2. The first-order valence-corrected chi connectivity index (χ1v) is 9.84. The first-order valence-electron chi connectivity index (χ1n) is 9.46. The summed E-state index contributed by atoms with van der Waals surface area (Å²) in [7, 11) is 0. The lowest BCUT2D eigenvalue weighted by Crippen LogP contribution is -2.35. The van der Waals surface area contributed by atoms with Gasteiger partial charge in [0.15, 0.2) is 0 Å². The van der Waals surface area contributed by atoms with E-state index in [1.807, 2.05) is 0 Å². The maximum absolute atomic E-state index is 12.2. The summed E-state index contributed by atoms with van der Waals surface area (Å²) in [5, 5.41) is 12.5. The number of ether oxygens (including phenoxy) is 2. The van der Waals surface area contributed by atoms with Crippen molar-refractivity contribution < 1.29 is 29.0 Å². The van der Waals surface area contributed by atoms with Crippen molar-refractivity contribution in [3.8, 4) is 0 Å². The minimum absolute atomic E-state index is 0.0654. The van der Waals surface area contributed by atoms with Crippen LogP contribution in [-0.2, 0) is 14.3 Å². The van der Waals surface area contributed by atoms with E-state index in [9.17, 15) is 19.5 Å². The molecule has 1 amide bonds. The number of aliphatic carboxylic acids is 1. The van der Waals surface area contributed by atoms with Crippen LogP contribution in [0.3, 0.4) is 0 Å². The van der Waals surface area contributed by atoms with E-state index in [2.05, 4.69) is 5.32 Å². The maximum atomic E-state index is 12.2. The lowest BCUT2D eigenvalue weighted by molar-refractivity contribution is -0.139. The zero-order chi connectivity index (χ0) is 22.1. The van der Waals surface area contributed by atoms with Crippen molar-refractivity contribution in [2.45, 2.75) is 32.5 Å². The van der Waals surface area contributed by atoms with Crippen LogP contribution in [0.1, 0.15) is 42.1 Å². The molecule has 0 spiro atoms. The monoisotopic (exact) mass is 433 g/mol. The van der Waals surface area contributed by atoms with Crippen LogP contribution in [0.4, 0.5) is 4.79 Å². The number of alkyl carbamates (subject to hydrolysis) is 1. The highest BCUT2D eigenvalue weighted by Gasteiger charge is 2.24. The van der Waals surface area contributed by atoms with Crippen LogP contribution < -0.4 is 5.32 Å². The Hall–Kier alpha value is -3.06. The largest absolute Gasteiger partial charge is 0.481 e. The fraction of sp³-hybridized carbons (Fsp3) is 0.318. The molecule has 2 aromatic carbocycles. The van der Waals surface area contributed by atoms with Crippen LogP contribution in [0.2, 0.25) is 5.02 Å². The van der Waals surface area contributed by atoms with Gasteiger partial charge in [-0.3, -0.25) is 4.79 Å². The molecule has 30 heavy (non-hydrogen) atoms. The minimum Gasteiger partial charge on any atom is -0.481 e. The fourth-order valence-corrected chi connectivity index (χ4v) is 2.76. The number of carbonyl (C=O) groups is 3. The molecule has 0 radical (unpaired) electrons. The van der Waals surface area contributed by atoms with E-state index >= 15 is 0 Å². The predicted molar refractivity (Wildman–Crippen MR) is 111 cm³/mol. The van der Waals surface area contributed by atoms with Gasteiger partial charge in [0.1, 0.15) is 0 Å². The molecule has 7 nitrogen and oxygen atoms in total. The molecular formula is C22H24ClNO6. The zero-order valence-electron chi connectivity index (χ0n) is 16.7. The lowest BCUT2D eigenvalue weighted by Gasteiger charge is -2.22. The van der Waals surface area contributed by atoms with Gasteiger partial charge < -0.3 is 19.9 Å². The lowest BCUT2D eigenvalue weighted by atomic mass is 9.96. The van der Waals surface area contributed by atoms with Gasteiger partial charge in [-0.2, -0.15) is 0 Å². The van der Waals surface area contributed by atoms with Crippen molar-refractivity contribution in [1.82, 2.24) is 5.32 Å². The molecule has 2 atom stereocenters. The third kappa shape index (κ3) is 7.08. The molecule has 2 unspecified atom stereocenters. The fourth-order valence-electron chi connectivity index (χ4n) is 2.64. The van der Waals surface area contributed by atoms with Gasteiger partial charge in [-0.15, -0.1) is 0 Å². The number of halogens is 1. The Morgan fingerprint density at radius 1 is 1.00 bits per heavy atom. The standard InChI is InChI=1S/C22H24ClNO6/c1-14(2)21(29-20(27)16-6-4-3-5-7-16)30-22(28)24-13-12-18(19(25)26)15-8-10-17(23)11-9-15/h3-11,14,18,21H,12-13H2,1-2H3,(H,24,28)(H,25,26). The van der Waals surface area contributed by atoms with Crippen molar-refractivity contribution in [3.63, 3.8) is 0 Å². The maximum Gasteiger partial charge on any atom is 0.410 e. The molecule has 8 heteroatoms. The van der Waals surface area contributed by atoms with Gasteiger partial charge in [0.25, 0.3) is 6.29 Å². The van der Waals surface area contributed by atoms with E-state index < -0.39 is 30.2 Å². The van der Waals surface area contributed by atoms with Crippen molar-refractivity contribution in [2.24, 2.45) is 5.92 Å². The summed E-state index contributed by atoms with van der Waals surface area (Å²) in [6.07, 6.45) is -1.72. The Balaban J connectivity index is 1.88. The molecule has 2 rings (SSSR count). The number of carbonyl (C=O) groups excluding carboxylic acids is 2. The van der Waals surface area contributed by atoms with E-state index in [4.69, 9.17) is 21.1 Å². The summed E-state index contributed by atoms with van der Waals surface area (Å²) in [5.74, 6) is -2.69. The highest BCUT2D eigenvalue weighted by molar-refractivity contribution is 6.30. The minimum atomic E-state index is -1.08. The Labute approximate surface area is 179 Å². The quantitative estimate of drug-likeness (QED) is 0.447. The van der Waals surface area contributed by atoms with Crippen LogP contribution in [0, 0.1) is 5.92 Å². The summed E-state index contributed by atoms with van der Waals surface area (Å²) in [4.78, 5) is 35.9. The van der Waals surface area contributed by atoms with Crippen LogP contribution >= 0.6 is 11.6 Å². The molecule has 0 saturated carbocycles. The molecule has 0 aliphatic heterocycles. The van der Waals surface area contributed by atoms with E-state index in [1.54, 1.807) is 68.4 Å². The Morgan fingerprint density at radius 3 is 2.20 bits per heavy atom. The summed E-state index contributed by atoms with van der Waals surface area (Å²) < 4.78 is 10.5. The molecule has 0 aliphatic carbocycles. The molecule has 2 N–H and O–H groups in total. The van der Waals surface area contributed by atoms with Gasteiger partial charge in [0, 0.05) is 17.5 Å². The Bertz CT molecular complexity index is 854. The van der Waals surface area contributed by atoms with Crippen LogP contribution in [-0.4, -0.2) is 36.0 Å². The van der Waals surface area contributed by atoms with Crippen LogP contribution in [0.5, 0.6) is 0 Å². The first-order chi connectivity index (χ1) is 14.3. The van der Waals surface area contributed by atoms with Gasteiger partial charge >= 0.3 is 18.0 Å². The molecule has 0 heterocycles. The topological polar surface area (TPSA) is 102 Å². The van der Waals surface area contributed by atoms with Gasteiger partial charge in [-0.05, 0) is 36.2 Å². The van der Waals surface area contributed by atoms with Gasteiger partial charge in [-0.25, -0.2) is 9.59 Å². The summed E-state index contributed by atoms with van der Waals surface area (Å²) >= 11 is 5.83. The second-order valence-electron chi connectivity index (χ2n) is 6.95. The van der Waals surface area contributed by atoms with Crippen molar-refractivity contribution in [3.05, 3.63) is 70.7 Å². The number of rotatable bonds is 9. The number of nitrogens with one attached hydrogen (secondary N) is 1. The van der Waals surface area contributed by atoms with E-state index in [-0.39, 0.29) is 18.9 Å². The van der Waals surface area contributed by atoms with E-state index in [0.717, 1.165) is 0 Å². The number of amides is 1. The van der Waals surface area contributed by atoms with Crippen LogP contribution in [0.25, 0.3) is 0 Å². The molecular weight excluding hydrogens is 410 g/mol. The van der Waals surface area contributed by atoms with Crippen molar-refractivity contribution >= 4 is 29.6 Å². The van der Waals surface area contributed by atoms with Gasteiger partial charge in [0.2, 0.25) is 0 Å². The third-order valence-corrected chi connectivity index (χ3v) is 4.53. The molecule has 160 valence electrons. The number of hydrogen-bond donors (Lipinski definition) is 2. The molecule has 0 fully saturated rings. The average molecular weight is 434 g/mol. The predicted octanol–water partition coefficient (Wildman–Crippen LogP) is 4.46.